The minimum atomic E-state index is -2.32. The van der Waals surface area contributed by atoms with Crippen LogP contribution in [-0.2, 0) is 0 Å². The topological polar surface area (TPSA) is 99.8 Å². The lowest BCUT2D eigenvalue weighted by Gasteiger charge is -2.54. The highest BCUT2D eigenvalue weighted by Gasteiger charge is 2.46. The molecule has 0 saturated carbocycles. The highest BCUT2D eigenvalue weighted by atomic mass is 19.3. The van der Waals surface area contributed by atoms with Crippen LogP contribution in [0.2, 0.25) is 0 Å². The minimum absolute atomic E-state index is 0.0425. The maximum Gasteiger partial charge on any atom is 0.251 e. The summed E-state index contributed by atoms with van der Waals surface area (Å²) in [5, 5.41) is 17.0. The quantitative estimate of drug-likeness (QED) is 0.372. The summed E-state index contributed by atoms with van der Waals surface area (Å²) in [6.45, 7) is 8.59. The Hall–Kier alpha value is -3.22. The second-order valence-corrected chi connectivity index (χ2v) is 11.3. The highest BCUT2D eigenvalue weighted by Crippen LogP contribution is 2.45. The van der Waals surface area contributed by atoms with E-state index in [4.69, 9.17) is 19.2 Å². The molecular weight excluding hydrogens is 537 g/mol. The van der Waals surface area contributed by atoms with Gasteiger partial charge in [0.05, 0.1) is 29.1 Å². The second kappa shape index (κ2) is 11.9. The number of ether oxygens (including phenoxy) is 1. The van der Waals surface area contributed by atoms with E-state index in [1.54, 1.807) is 13.1 Å². The van der Waals surface area contributed by atoms with E-state index in [1.807, 2.05) is 25.7 Å². The van der Waals surface area contributed by atoms with Crippen molar-refractivity contribution in [1.82, 2.24) is 25.3 Å². The summed E-state index contributed by atoms with van der Waals surface area (Å²) in [7, 11) is 1.73. The molecule has 1 aromatic carbocycles. The fourth-order valence-corrected chi connectivity index (χ4v) is 5.88. The molecule has 1 spiro atoms. The largest absolute Gasteiger partial charge is 0.491 e. The number of aliphatic hydroxyl groups excluding tert-OH is 1. The zero-order chi connectivity index (χ0) is 29.3. The zero-order valence-corrected chi connectivity index (χ0v) is 23.9. The van der Waals surface area contributed by atoms with Crippen LogP contribution in [0.1, 0.15) is 29.9 Å². The summed E-state index contributed by atoms with van der Waals surface area (Å²) < 4.78 is 52.1. The van der Waals surface area contributed by atoms with Crippen LogP contribution < -0.4 is 15.0 Å². The van der Waals surface area contributed by atoms with Gasteiger partial charge < -0.3 is 24.6 Å². The maximum absolute atomic E-state index is 15.3. The molecule has 2 saturated heterocycles. The van der Waals surface area contributed by atoms with Gasteiger partial charge in [0.1, 0.15) is 35.9 Å². The molecule has 0 radical (unpaired) electrons. The lowest BCUT2D eigenvalue weighted by Crippen LogP contribution is -2.61. The molecule has 1 atom stereocenters. The van der Waals surface area contributed by atoms with Crippen molar-refractivity contribution < 1.29 is 27.5 Å². The lowest BCUT2D eigenvalue weighted by atomic mass is 9.72. The smallest absolute Gasteiger partial charge is 0.251 e. The summed E-state index contributed by atoms with van der Waals surface area (Å²) >= 11 is 0. The van der Waals surface area contributed by atoms with Crippen LogP contribution in [0.25, 0.3) is 22.6 Å². The summed E-state index contributed by atoms with van der Waals surface area (Å²) in [5.41, 5.74) is 3.08. The first-order valence-corrected chi connectivity index (χ1v) is 13.9. The van der Waals surface area contributed by atoms with Crippen LogP contribution in [0.15, 0.2) is 22.7 Å². The maximum atomic E-state index is 15.3. The second-order valence-electron chi connectivity index (χ2n) is 11.3. The molecule has 0 unspecified atom stereocenters. The number of hydrogen-bond acceptors (Lipinski definition) is 9. The number of rotatable bonds is 10. The van der Waals surface area contributed by atoms with Crippen molar-refractivity contribution in [1.29, 1.82) is 0 Å². The number of aromatic nitrogens is 3. The number of benzene rings is 1. The Labute approximate surface area is 237 Å². The molecule has 2 aliphatic heterocycles. The van der Waals surface area contributed by atoms with Gasteiger partial charge in [-0.2, -0.15) is 0 Å². The van der Waals surface area contributed by atoms with Gasteiger partial charge in [-0.1, -0.05) is 5.16 Å². The standard InChI is InChI=1S/C29H37F3N6O3/c1-17-26(25-18(2)36-41-19(25)3)34-27(22-11-21(5-6-23(22)30)40-14-20(39)12-33-4)35-28(17)38-15-29(16-38)7-9-37(10-8-29)13-24(31)32/h5-6,11,20,24,33,39H,7-10,12-16H2,1-4H3/t20-/m1/s1. The van der Waals surface area contributed by atoms with E-state index in [0.717, 1.165) is 37.1 Å². The molecule has 222 valence electrons. The number of halogens is 3. The fourth-order valence-electron chi connectivity index (χ4n) is 5.88. The summed E-state index contributed by atoms with van der Waals surface area (Å²) in [4.78, 5) is 13.7. The monoisotopic (exact) mass is 574 g/mol. The Morgan fingerprint density at radius 3 is 2.51 bits per heavy atom. The Balaban J connectivity index is 1.46. The molecule has 0 aliphatic carbocycles. The van der Waals surface area contributed by atoms with E-state index < -0.39 is 18.3 Å². The van der Waals surface area contributed by atoms with Crippen molar-refractivity contribution in [3.8, 4) is 28.4 Å². The van der Waals surface area contributed by atoms with Crippen molar-refractivity contribution in [2.75, 3.05) is 57.8 Å². The molecule has 2 aromatic heterocycles. The van der Waals surface area contributed by atoms with Gasteiger partial charge in [-0.25, -0.2) is 23.1 Å². The zero-order valence-electron chi connectivity index (χ0n) is 23.9. The van der Waals surface area contributed by atoms with E-state index in [1.165, 1.54) is 12.1 Å². The van der Waals surface area contributed by atoms with Gasteiger partial charge in [0.25, 0.3) is 6.43 Å². The molecule has 9 nitrogen and oxygen atoms in total. The van der Waals surface area contributed by atoms with Crippen LogP contribution in [0, 0.1) is 32.0 Å². The molecule has 3 aromatic rings. The Bertz CT molecular complexity index is 1350. The van der Waals surface area contributed by atoms with Crippen molar-refractivity contribution in [2.24, 2.45) is 5.41 Å². The molecule has 0 bridgehead atoms. The molecule has 0 amide bonds. The predicted octanol–water partition coefficient (Wildman–Crippen LogP) is 3.99. The predicted molar refractivity (Wildman–Crippen MR) is 149 cm³/mol. The fraction of sp³-hybridized carbons (Fsp3) is 0.552. The van der Waals surface area contributed by atoms with Gasteiger partial charge >= 0.3 is 0 Å². The van der Waals surface area contributed by atoms with Crippen molar-refractivity contribution in [3.05, 3.63) is 41.0 Å². The number of aryl methyl sites for hydroxylation is 2. The third-order valence-corrected chi connectivity index (χ3v) is 8.12. The average molecular weight is 575 g/mol. The van der Waals surface area contributed by atoms with Gasteiger partial charge in [0.2, 0.25) is 0 Å². The number of likely N-dealkylation sites (N-methyl/N-ethyl adjacent to an activating group) is 1. The number of anilines is 1. The van der Waals surface area contributed by atoms with E-state index >= 15 is 4.39 Å². The van der Waals surface area contributed by atoms with Gasteiger partial charge in [0.15, 0.2) is 5.82 Å². The molecule has 41 heavy (non-hydrogen) atoms. The molecule has 12 heteroatoms. The van der Waals surface area contributed by atoms with E-state index in [-0.39, 0.29) is 30.0 Å². The number of likely N-dealkylation sites (tertiary alicyclic amines) is 1. The number of hydrogen-bond donors (Lipinski definition) is 2. The highest BCUT2D eigenvalue weighted by molar-refractivity contribution is 5.75. The van der Waals surface area contributed by atoms with Crippen LogP contribution in [-0.4, -0.2) is 90.6 Å². The SMILES string of the molecule is CNC[C@@H](O)COc1ccc(F)c(-c2nc(-c3c(C)noc3C)c(C)c(N3CC4(CCN(CC(F)F)CC4)C3)n2)c1. The van der Waals surface area contributed by atoms with Gasteiger partial charge in [0, 0.05) is 30.6 Å². The van der Waals surface area contributed by atoms with Gasteiger partial charge in [-0.3, -0.25) is 4.90 Å². The van der Waals surface area contributed by atoms with Crippen LogP contribution in [0.5, 0.6) is 5.75 Å². The number of nitrogens with one attached hydrogen (secondary N) is 1. The van der Waals surface area contributed by atoms with Crippen molar-refractivity contribution in [3.63, 3.8) is 0 Å². The summed E-state index contributed by atoms with van der Waals surface area (Å²) in [5.74, 6) is 1.38. The average Bonchev–Trinajstić information content (AvgIpc) is 3.25. The van der Waals surface area contributed by atoms with Crippen molar-refractivity contribution >= 4 is 5.82 Å². The third kappa shape index (κ3) is 6.19. The molecule has 5 rings (SSSR count). The normalized spacial score (nSPS) is 17.7. The Kier molecular flexibility index (Phi) is 8.53. The third-order valence-electron chi connectivity index (χ3n) is 8.12. The minimum Gasteiger partial charge on any atom is -0.491 e. The number of alkyl halides is 2. The van der Waals surface area contributed by atoms with Crippen LogP contribution >= 0.6 is 0 Å². The molecular formula is C29H37F3N6O3. The Morgan fingerprint density at radius 2 is 1.88 bits per heavy atom. The lowest BCUT2D eigenvalue weighted by molar-refractivity contribution is 0.0318. The molecule has 2 fully saturated rings. The summed E-state index contributed by atoms with van der Waals surface area (Å²) in [6, 6.07) is 4.36. The first-order valence-electron chi connectivity index (χ1n) is 13.9. The summed E-state index contributed by atoms with van der Waals surface area (Å²) in [6.07, 6.45) is -1.35. The van der Waals surface area contributed by atoms with E-state index in [9.17, 15) is 13.9 Å². The van der Waals surface area contributed by atoms with Crippen LogP contribution in [0.4, 0.5) is 19.0 Å². The first kappa shape index (κ1) is 29.3. The molecule has 2 aliphatic rings. The van der Waals surface area contributed by atoms with Crippen molar-refractivity contribution in [2.45, 2.75) is 46.1 Å². The molecule has 2 N–H and O–H groups in total. The van der Waals surface area contributed by atoms with E-state index in [2.05, 4.69) is 15.4 Å². The molecule has 4 heterocycles. The van der Waals surface area contributed by atoms with Gasteiger partial charge in [-0.15, -0.1) is 0 Å². The Morgan fingerprint density at radius 1 is 1.15 bits per heavy atom. The van der Waals surface area contributed by atoms with Gasteiger partial charge in [-0.05, 0) is 71.9 Å². The number of nitrogens with zero attached hydrogens (tertiary/aromatic N) is 5. The van der Waals surface area contributed by atoms with E-state index in [0.29, 0.717) is 48.3 Å². The van der Waals surface area contributed by atoms with Crippen LogP contribution in [0.3, 0.4) is 0 Å². The number of piperidine rings is 1. The first-order chi connectivity index (χ1) is 19.6. The number of aliphatic hydroxyl groups is 1.